The summed E-state index contributed by atoms with van der Waals surface area (Å²) in [5.41, 5.74) is 3.93. The first-order valence-electron chi connectivity index (χ1n) is 10.4. The van der Waals surface area contributed by atoms with E-state index in [1.165, 1.54) is 0 Å². The van der Waals surface area contributed by atoms with Crippen LogP contribution in [-0.4, -0.2) is 24.1 Å². The Balaban J connectivity index is 1.94. The van der Waals surface area contributed by atoms with Gasteiger partial charge in [-0.15, -0.1) is 0 Å². The van der Waals surface area contributed by atoms with Crippen LogP contribution >= 0.6 is 11.6 Å². The van der Waals surface area contributed by atoms with Crippen molar-refractivity contribution in [3.05, 3.63) is 69.7 Å². The van der Waals surface area contributed by atoms with Crippen LogP contribution in [0.3, 0.4) is 0 Å². The fourth-order valence-electron chi connectivity index (χ4n) is 3.94. The maximum atomic E-state index is 13.6. The molecule has 0 amide bonds. The van der Waals surface area contributed by atoms with Crippen LogP contribution in [0.25, 0.3) is 38.9 Å². The van der Waals surface area contributed by atoms with E-state index in [2.05, 4.69) is 13.8 Å². The van der Waals surface area contributed by atoms with Gasteiger partial charge in [-0.3, -0.25) is 13.9 Å². The van der Waals surface area contributed by atoms with E-state index >= 15 is 0 Å². The van der Waals surface area contributed by atoms with Crippen LogP contribution in [-0.2, 0) is 6.54 Å². The minimum atomic E-state index is -0.0847. The summed E-state index contributed by atoms with van der Waals surface area (Å²) in [4.78, 5) is 28.2. The molecule has 3 aromatic heterocycles. The molecule has 0 aliphatic heterocycles. The molecule has 0 bridgehead atoms. The largest absolute Gasteiger partial charge is 0.296 e. The number of aromatic nitrogens is 5. The third kappa shape index (κ3) is 3.27. The van der Waals surface area contributed by atoms with E-state index in [4.69, 9.17) is 26.6 Å². The summed E-state index contributed by atoms with van der Waals surface area (Å²) in [7, 11) is 0. The van der Waals surface area contributed by atoms with Gasteiger partial charge in [0.05, 0.1) is 16.7 Å². The zero-order valence-electron chi connectivity index (χ0n) is 17.6. The SMILES string of the molecule is Cc1nc2c(c(=O)n1CCC(C)C)c1nc3ccccc3nc1n2-c1cccc(Cl)c1. The Morgan fingerprint density at radius 1 is 0.968 bits per heavy atom. The smallest absolute Gasteiger partial charge is 0.265 e. The van der Waals surface area contributed by atoms with Crippen molar-refractivity contribution in [1.29, 1.82) is 0 Å². The first-order valence-corrected chi connectivity index (χ1v) is 10.8. The Bertz CT molecular complexity index is 1520. The highest BCUT2D eigenvalue weighted by molar-refractivity contribution is 6.30. The summed E-state index contributed by atoms with van der Waals surface area (Å²) in [6, 6.07) is 15.1. The van der Waals surface area contributed by atoms with E-state index in [0.29, 0.717) is 45.5 Å². The van der Waals surface area contributed by atoms with Crippen molar-refractivity contribution in [2.75, 3.05) is 0 Å². The van der Waals surface area contributed by atoms with Gasteiger partial charge in [-0.1, -0.05) is 43.6 Å². The van der Waals surface area contributed by atoms with Gasteiger partial charge >= 0.3 is 0 Å². The number of hydrogen-bond acceptors (Lipinski definition) is 4. The maximum Gasteiger partial charge on any atom is 0.265 e. The summed E-state index contributed by atoms with van der Waals surface area (Å²) >= 11 is 6.28. The zero-order chi connectivity index (χ0) is 21.7. The van der Waals surface area contributed by atoms with Crippen LogP contribution in [0.1, 0.15) is 26.1 Å². The van der Waals surface area contributed by atoms with Crippen molar-refractivity contribution in [3.63, 3.8) is 0 Å². The lowest BCUT2D eigenvalue weighted by atomic mass is 10.1. The summed E-state index contributed by atoms with van der Waals surface area (Å²) < 4.78 is 3.64. The van der Waals surface area contributed by atoms with Crippen molar-refractivity contribution < 1.29 is 0 Å². The molecule has 0 N–H and O–H groups in total. The minimum Gasteiger partial charge on any atom is -0.296 e. The summed E-state index contributed by atoms with van der Waals surface area (Å²) in [6.45, 7) is 6.79. The van der Waals surface area contributed by atoms with Gasteiger partial charge in [0.2, 0.25) is 0 Å². The van der Waals surface area contributed by atoms with Crippen LogP contribution in [0.2, 0.25) is 5.02 Å². The van der Waals surface area contributed by atoms with Crippen LogP contribution < -0.4 is 5.56 Å². The van der Waals surface area contributed by atoms with E-state index in [-0.39, 0.29) is 5.56 Å². The third-order valence-electron chi connectivity index (χ3n) is 5.55. The van der Waals surface area contributed by atoms with Crippen molar-refractivity contribution in [2.24, 2.45) is 5.92 Å². The van der Waals surface area contributed by atoms with E-state index in [9.17, 15) is 4.79 Å². The predicted molar refractivity (Wildman–Crippen MR) is 125 cm³/mol. The number of benzene rings is 2. The molecule has 0 atom stereocenters. The van der Waals surface area contributed by atoms with E-state index in [0.717, 1.165) is 23.1 Å². The van der Waals surface area contributed by atoms with Gasteiger partial charge in [-0.25, -0.2) is 15.0 Å². The molecule has 0 aliphatic rings. The van der Waals surface area contributed by atoms with Gasteiger partial charge < -0.3 is 0 Å². The predicted octanol–water partition coefficient (Wildman–Crippen LogP) is 5.29. The fourth-order valence-corrected chi connectivity index (χ4v) is 4.13. The number of rotatable bonds is 4. The Hall–Kier alpha value is -3.25. The first-order chi connectivity index (χ1) is 14.9. The van der Waals surface area contributed by atoms with Gasteiger partial charge in [0.25, 0.3) is 5.56 Å². The molecule has 0 unspecified atom stereocenters. The molecule has 0 saturated heterocycles. The molecular formula is C24H22ClN5O. The van der Waals surface area contributed by atoms with Crippen molar-refractivity contribution in [1.82, 2.24) is 24.1 Å². The van der Waals surface area contributed by atoms with E-state index < -0.39 is 0 Å². The molecule has 5 rings (SSSR count). The Labute approximate surface area is 184 Å². The number of hydrogen-bond donors (Lipinski definition) is 0. The quantitative estimate of drug-likeness (QED) is 0.387. The van der Waals surface area contributed by atoms with Gasteiger partial charge in [0.1, 0.15) is 16.7 Å². The zero-order valence-corrected chi connectivity index (χ0v) is 18.4. The second-order valence-corrected chi connectivity index (χ2v) is 8.63. The monoisotopic (exact) mass is 431 g/mol. The van der Waals surface area contributed by atoms with Crippen LogP contribution in [0, 0.1) is 12.8 Å². The molecule has 7 heteroatoms. The molecule has 156 valence electrons. The molecule has 31 heavy (non-hydrogen) atoms. The number of aryl methyl sites for hydroxylation is 1. The van der Waals surface area contributed by atoms with Gasteiger partial charge in [-0.2, -0.15) is 0 Å². The highest BCUT2D eigenvalue weighted by Gasteiger charge is 2.22. The summed E-state index contributed by atoms with van der Waals surface area (Å²) in [6.07, 6.45) is 0.898. The topological polar surface area (TPSA) is 65.6 Å². The highest BCUT2D eigenvalue weighted by atomic mass is 35.5. The molecule has 0 aliphatic carbocycles. The highest BCUT2D eigenvalue weighted by Crippen LogP contribution is 2.29. The molecular weight excluding hydrogens is 410 g/mol. The number of halogens is 1. The molecule has 2 aromatic carbocycles. The first kappa shape index (κ1) is 19.7. The second-order valence-electron chi connectivity index (χ2n) is 8.20. The average Bonchev–Trinajstić information content (AvgIpc) is 3.04. The molecule has 3 heterocycles. The van der Waals surface area contributed by atoms with Crippen LogP contribution in [0.4, 0.5) is 0 Å². The van der Waals surface area contributed by atoms with Crippen molar-refractivity contribution in [3.8, 4) is 5.69 Å². The third-order valence-corrected chi connectivity index (χ3v) is 5.79. The number of nitrogens with zero attached hydrogens (tertiary/aromatic N) is 5. The normalized spacial score (nSPS) is 11.9. The lowest BCUT2D eigenvalue weighted by molar-refractivity contribution is 0.498. The molecule has 0 radical (unpaired) electrons. The molecule has 0 spiro atoms. The van der Waals surface area contributed by atoms with Gasteiger partial charge in [-0.05, 0) is 49.6 Å². The molecule has 0 fully saturated rings. The van der Waals surface area contributed by atoms with Gasteiger partial charge in [0, 0.05) is 11.6 Å². The average molecular weight is 432 g/mol. The lowest BCUT2D eigenvalue weighted by Crippen LogP contribution is -2.24. The van der Waals surface area contributed by atoms with Gasteiger partial charge in [0.15, 0.2) is 11.3 Å². The minimum absolute atomic E-state index is 0.0847. The molecule has 6 nitrogen and oxygen atoms in total. The molecule has 0 saturated carbocycles. The lowest BCUT2D eigenvalue weighted by Gasteiger charge is -2.12. The van der Waals surface area contributed by atoms with E-state index in [1.807, 2.05) is 60.0 Å². The Kier molecular flexibility index (Phi) is 4.74. The van der Waals surface area contributed by atoms with E-state index in [1.54, 1.807) is 4.57 Å². The Morgan fingerprint density at radius 3 is 2.42 bits per heavy atom. The maximum absolute atomic E-state index is 13.6. The van der Waals surface area contributed by atoms with Crippen LogP contribution in [0.5, 0.6) is 0 Å². The Morgan fingerprint density at radius 2 is 1.71 bits per heavy atom. The number of fused-ring (bicyclic) bond motifs is 4. The fraction of sp³-hybridized carbons (Fsp3) is 0.250. The summed E-state index contributed by atoms with van der Waals surface area (Å²) in [5.74, 6) is 1.16. The van der Waals surface area contributed by atoms with Crippen LogP contribution in [0.15, 0.2) is 53.3 Å². The summed E-state index contributed by atoms with van der Waals surface area (Å²) in [5, 5.41) is 1.09. The number of para-hydroxylation sites is 2. The van der Waals surface area contributed by atoms with Crippen molar-refractivity contribution in [2.45, 2.75) is 33.7 Å². The van der Waals surface area contributed by atoms with Crippen molar-refractivity contribution >= 4 is 44.8 Å². The second kappa shape index (κ2) is 7.46. The standard InChI is InChI=1S/C24H22ClN5O/c1-14(2)11-12-29-15(3)26-22-20(24(29)31)21-23(28-19-10-5-4-9-18(19)27-21)30(22)17-8-6-7-16(25)13-17/h4-10,13-14H,11-12H2,1-3H3. The molecule has 5 aromatic rings.